The molecule has 0 aliphatic heterocycles. The predicted molar refractivity (Wildman–Crippen MR) is 113 cm³/mol. The lowest BCUT2D eigenvalue weighted by atomic mass is 10.0. The second-order valence-electron chi connectivity index (χ2n) is 6.14. The van der Waals surface area contributed by atoms with Gasteiger partial charge in [0.15, 0.2) is 20.8 Å². The zero-order valence-electron chi connectivity index (χ0n) is 17.1. The number of nitrogens with one attached hydrogen (secondary N) is 1. The van der Waals surface area contributed by atoms with Gasteiger partial charge in [-0.25, -0.2) is 18.0 Å². The molecule has 0 saturated heterocycles. The third-order valence-electron chi connectivity index (χ3n) is 3.64. The number of sulfone groups is 1. The highest BCUT2D eigenvalue weighted by Gasteiger charge is 2.31. The Morgan fingerprint density at radius 3 is 1.90 bits per heavy atom. The molecule has 31 heavy (non-hydrogen) atoms. The predicted octanol–water partition coefficient (Wildman–Crippen LogP) is 3.62. The van der Waals surface area contributed by atoms with E-state index in [4.69, 9.17) is 38.2 Å². The van der Waals surface area contributed by atoms with E-state index in [1.807, 2.05) is 0 Å². The van der Waals surface area contributed by atoms with E-state index >= 15 is 0 Å². The van der Waals surface area contributed by atoms with Crippen molar-refractivity contribution in [3.63, 3.8) is 0 Å². The number of hydrogen-bond donors (Lipinski definition) is 3. The van der Waals surface area contributed by atoms with E-state index in [1.165, 1.54) is 37.1 Å². The van der Waals surface area contributed by atoms with Crippen LogP contribution in [-0.4, -0.2) is 60.6 Å². The molecule has 0 radical (unpaired) electrons. The van der Waals surface area contributed by atoms with Gasteiger partial charge in [0, 0.05) is 6.26 Å². The molecule has 176 valence electrons. The normalized spacial score (nSPS) is 12.7. The highest BCUT2D eigenvalue weighted by atomic mass is 35.5. The quantitative estimate of drug-likeness (QED) is 0.339. The lowest BCUT2D eigenvalue weighted by molar-refractivity contribution is -0.121. The van der Waals surface area contributed by atoms with E-state index in [9.17, 15) is 22.8 Å². The molecule has 2 atom stereocenters. The maximum absolute atomic E-state index is 11.7. The van der Waals surface area contributed by atoms with Crippen molar-refractivity contribution in [2.75, 3.05) is 12.9 Å². The number of benzene rings is 1. The van der Waals surface area contributed by atoms with Crippen LogP contribution in [-0.2, 0) is 24.1 Å². The molecule has 1 rings (SSSR count). The van der Waals surface area contributed by atoms with Crippen LogP contribution < -0.4 is 5.32 Å². The van der Waals surface area contributed by atoms with Crippen molar-refractivity contribution in [3.05, 3.63) is 29.8 Å². The third-order valence-corrected chi connectivity index (χ3v) is 5.17. The van der Waals surface area contributed by atoms with Crippen molar-refractivity contribution in [2.24, 2.45) is 0 Å². The van der Waals surface area contributed by atoms with Crippen LogP contribution in [0.4, 0.5) is 9.59 Å². The summed E-state index contributed by atoms with van der Waals surface area (Å²) in [6, 6.07) is 3.58. The molecule has 0 unspecified atom stereocenters. The van der Waals surface area contributed by atoms with Gasteiger partial charge in [-0.05, 0) is 17.7 Å². The summed E-state index contributed by atoms with van der Waals surface area (Å²) in [4.78, 5) is 31.9. The molecule has 0 fully saturated rings. The maximum atomic E-state index is 11.7. The minimum absolute atomic E-state index is 0.0377. The highest BCUT2D eigenvalue weighted by molar-refractivity contribution is 7.90. The Morgan fingerprint density at radius 2 is 1.55 bits per heavy atom. The van der Waals surface area contributed by atoms with Gasteiger partial charge in [0.05, 0.1) is 4.90 Å². The second-order valence-corrected chi connectivity index (χ2v) is 9.25. The van der Waals surface area contributed by atoms with Crippen LogP contribution in [0.5, 0.6) is 0 Å². The smallest absolute Gasteiger partial charge is 0.450 e. The van der Waals surface area contributed by atoms with E-state index in [1.54, 1.807) is 0 Å². The van der Waals surface area contributed by atoms with Crippen molar-refractivity contribution in [3.8, 4) is 0 Å². The van der Waals surface area contributed by atoms with E-state index in [-0.39, 0.29) is 10.5 Å². The first-order valence-electron chi connectivity index (χ1n) is 8.97. The van der Waals surface area contributed by atoms with Crippen molar-refractivity contribution >= 4 is 51.3 Å². The Hall–Kier alpha value is -2.24. The summed E-state index contributed by atoms with van der Waals surface area (Å²) >= 11 is 10.9. The number of carboxylic acid groups (broad SMARTS) is 2. The first-order chi connectivity index (χ1) is 14.3. The van der Waals surface area contributed by atoms with Crippen molar-refractivity contribution < 1.29 is 42.5 Å². The van der Waals surface area contributed by atoms with Crippen LogP contribution >= 0.6 is 23.2 Å². The van der Waals surface area contributed by atoms with Crippen LogP contribution in [0.15, 0.2) is 29.2 Å². The van der Waals surface area contributed by atoms with Crippen LogP contribution in [0.25, 0.3) is 0 Å². The molecule has 1 aromatic carbocycles. The number of carbonyl (C=O) groups excluding carboxylic acids is 1. The SMILES string of the molecule is CCCC.CS(=O)(=O)c1ccc([C@@H](OC(=O)O)[C@@H](COC(=O)O)NC(=O)C(Cl)Cl)cc1. The number of halogens is 2. The molecular formula is C18H25Cl2NO9S. The molecule has 0 aromatic heterocycles. The Bertz CT molecular complexity index is 827. The van der Waals surface area contributed by atoms with E-state index in [0.717, 1.165) is 6.26 Å². The highest BCUT2D eigenvalue weighted by Crippen LogP contribution is 2.24. The van der Waals surface area contributed by atoms with Gasteiger partial charge in [0.25, 0.3) is 5.91 Å². The van der Waals surface area contributed by atoms with Crippen molar-refractivity contribution in [1.82, 2.24) is 5.32 Å². The average Bonchev–Trinajstić information content (AvgIpc) is 2.68. The topological polar surface area (TPSA) is 156 Å². The fourth-order valence-corrected chi connectivity index (χ4v) is 2.76. The molecule has 0 spiro atoms. The molecular weight excluding hydrogens is 477 g/mol. The third kappa shape index (κ3) is 11.7. The van der Waals surface area contributed by atoms with Crippen LogP contribution in [0.2, 0.25) is 0 Å². The fraction of sp³-hybridized carbons (Fsp3) is 0.500. The van der Waals surface area contributed by atoms with Crippen LogP contribution in [0.1, 0.15) is 38.4 Å². The molecule has 1 amide bonds. The molecule has 0 saturated carbocycles. The van der Waals surface area contributed by atoms with E-state index in [0.29, 0.717) is 0 Å². The van der Waals surface area contributed by atoms with Crippen LogP contribution in [0, 0.1) is 0 Å². The van der Waals surface area contributed by atoms with Gasteiger partial charge in [-0.2, -0.15) is 0 Å². The maximum Gasteiger partial charge on any atom is 0.506 e. The monoisotopic (exact) mass is 501 g/mol. The summed E-state index contributed by atoms with van der Waals surface area (Å²) in [6.45, 7) is 3.67. The summed E-state index contributed by atoms with van der Waals surface area (Å²) < 4.78 is 32.2. The van der Waals surface area contributed by atoms with E-state index in [2.05, 4.69) is 23.9 Å². The second kappa shape index (κ2) is 13.9. The van der Waals surface area contributed by atoms with Gasteiger partial charge >= 0.3 is 12.3 Å². The van der Waals surface area contributed by atoms with Gasteiger partial charge in [0.1, 0.15) is 12.6 Å². The lowest BCUT2D eigenvalue weighted by Crippen LogP contribution is -2.46. The fourth-order valence-electron chi connectivity index (χ4n) is 2.01. The number of alkyl halides is 2. The summed E-state index contributed by atoms with van der Waals surface area (Å²) in [7, 11) is -3.50. The number of unbranched alkanes of at least 4 members (excludes halogenated alkanes) is 1. The largest absolute Gasteiger partial charge is 0.506 e. The Kier molecular flexibility index (Phi) is 12.9. The first-order valence-corrected chi connectivity index (χ1v) is 11.7. The number of amides is 1. The van der Waals surface area contributed by atoms with Gasteiger partial charge in [-0.15, -0.1) is 0 Å². The van der Waals surface area contributed by atoms with E-state index < -0.39 is 51.6 Å². The number of ether oxygens (including phenoxy) is 2. The molecule has 1 aromatic rings. The Morgan fingerprint density at radius 1 is 1.03 bits per heavy atom. The minimum atomic E-state index is -3.50. The molecule has 0 aliphatic carbocycles. The Balaban J connectivity index is 0.00000206. The Labute approximate surface area is 190 Å². The molecule has 10 nitrogen and oxygen atoms in total. The van der Waals surface area contributed by atoms with Gasteiger partial charge in [-0.3, -0.25) is 4.79 Å². The molecule has 0 heterocycles. The average molecular weight is 502 g/mol. The van der Waals surface area contributed by atoms with Gasteiger partial charge in [-0.1, -0.05) is 62.0 Å². The summed E-state index contributed by atoms with van der Waals surface area (Å²) in [5.74, 6) is -0.941. The van der Waals surface area contributed by atoms with Gasteiger partial charge < -0.3 is 25.0 Å². The van der Waals surface area contributed by atoms with Gasteiger partial charge in [0.2, 0.25) is 0 Å². The molecule has 0 aliphatic rings. The standard InChI is InChI=1S/C14H15Cl2NO9S.C4H10/c1-27(23,24)8-4-2-7(3-5-8)10(26-14(21)22)9(6-25-13(19)20)17-12(18)11(15)16;1-3-4-2/h2-5,9-11H,6H2,1H3,(H,17,18)(H,19,20)(H,21,22);3-4H2,1-2H3/t9-,10-;/m1./s1. The van der Waals surface area contributed by atoms with Crippen molar-refractivity contribution in [1.29, 1.82) is 0 Å². The molecule has 3 N–H and O–H groups in total. The minimum Gasteiger partial charge on any atom is -0.450 e. The molecule has 0 bridgehead atoms. The summed E-state index contributed by atoms with van der Waals surface area (Å²) in [5, 5.41) is 19.8. The lowest BCUT2D eigenvalue weighted by Gasteiger charge is -2.27. The van der Waals surface area contributed by atoms with Crippen LogP contribution in [0.3, 0.4) is 0 Å². The number of carbonyl (C=O) groups is 3. The zero-order valence-corrected chi connectivity index (χ0v) is 19.4. The number of hydrogen-bond acceptors (Lipinski definition) is 7. The first kappa shape index (κ1) is 28.8. The number of rotatable bonds is 9. The summed E-state index contributed by atoms with van der Waals surface area (Å²) in [6.07, 6.45) is -1.22. The zero-order chi connectivity index (χ0) is 24.2. The van der Waals surface area contributed by atoms with Crippen molar-refractivity contribution in [2.45, 2.75) is 48.6 Å². The summed E-state index contributed by atoms with van der Waals surface area (Å²) in [5.41, 5.74) is 0.129. The molecule has 13 heteroatoms.